The normalized spacial score (nSPS) is 23.2. The van der Waals surface area contributed by atoms with Crippen LogP contribution < -0.4 is 0 Å². The predicted octanol–water partition coefficient (Wildman–Crippen LogP) is -0.988. The summed E-state index contributed by atoms with van der Waals surface area (Å²) in [5, 5.41) is 3.92. The van der Waals surface area contributed by atoms with Crippen LogP contribution in [-0.2, 0) is 31.4 Å². The topological polar surface area (TPSA) is 126 Å². The summed E-state index contributed by atoms with van der Waals surface area (Å²) in [6, 6.07) is -0.388. The van der Waals surface area contributed by atoms with E-state index in [-0.39, 0.29) is 25.7 Å². The average Bonchev–Trinajstić information content (AvgIpc) is 3.35. The zero-order valence-corrected chi connectivity index (χ0v) is 17.4. The minimum absolute atomic E-state index is 0.145. The van der Waals surface area contributed by atoms with Gasteiger partial charge >= 0.3 is 0 Å². The molecule has 28 heavy (non-hydrogen) atoms. The van der Waals surface area contributed by atoms with Crippen LogP contribution in [-0.4, -0.2) is 98.1 Å². The van der Waals surface area contributed by atoms with Crippen LogP contribution in [0, 0.1) is 0 Å². The van der Waals surface area contributed by atoms with Crippen LogP contribution in [0.3, 0.4) is 0 Å². The van der Waals surface area contributed by atoms with Crippen molar-refractivity contribution < 1.29 is 26.1 Å². The Balaban J connectivity index is 1.36. The standard InChI is InChI=1S/C15H25N5O6S2/c1-27(21,22)20(5-4-14-16-15(26-17-14)12-2-3-12)13-10-19(11-13)28(23,24)18-6-8-25-9-7-18/h12-13H,2-11H2,1H3. The zero-order valence-electron chi connectivity index (χ0n) is 15.7. The molecule has 0 spiro atoms. The van der Waals surface area contributed by atoms with Gasteiger partial charge in [-0.1, -0.05) is 5.16 Å². The van der Waals surface area contributed by atoms with Gasteiger partial charge in [-0.05, 0) is 12.8 Å². The minimum Gasteiger partial charge on any atom is -0.379 e. The number of aromatic nitrogens is 2. The van der Waals surface area contributed by atoms with E-state index in [0.29, 0.717) is 50.4 Å². The number of hydrogen-bond acceptors (Lipinski definition) is 8. The van der Waals surface area contributed by atoms with Crippen molar-refractivity contribution in [1.29, 1.82) is 0 Å². The van der Waals surface area contributed by atoms with Crippen molar-refractivity contribution in [1.82, 2.24) is 23.1 Å². The third-order valence-electron chi connectivity index (χ3n) is 5.25. The van der Waals surface area contributed by atoms with Crippen molar-refractivity contribution in [2.24, 2.45) is 0 Å². The molecule has 1 saturated carbocycles. The molecule has 0 aromatic carbocycles. The predicted molar refractivity (Wildman–Crippen MR) is 98.2 cm³/mol. The number of nitrogens with zero attached hydrogens (tertiary/aromatic N) is 5. The second kappa shape index (κ2) is 7.61. The molecule has 158 valence electrons. The summed E-state index contributed by atoms with van der Waals surface area (Å²) >= 11 is 0. The van der Waals surface area contributed by atoms with Crippen LogP contribution in [0.1, 0.15) is 30.5 Å². The fraction of sp³-hybridized carbons (Fsp3) is 0.867. The smallest absolute Gasteiger partial charge is 0.282 e. The second-order valence-electron chi connectivity index (χ2n) is 7.44. The van der Waals surface area contributed by atoms with Crippen molar-refractivity contribution in [3.05, 3.63) is 11.7 Å². The van der Waals surface area contributed by atoms with Crippen molar-refractivity contribution in [2.75, 3.05) is 52.2 Å². The Morgan fingerprint density at radius 3 is 2.39 bits per heavy atom. The van der Waals surface area contributed by atoms with Crippen LogP contribution >= 0.6 is 0 Å². The number of hydrogen-bond donors (Lipinski definition) is 0. The van der Waals surface area contributed by atoms with E-state index in [4.69, 9.17) is 9.26 Å². The van der Waals surface area contributed by atoms with E-state index in [0.717, 1.165) is 19.1 Å². The first-order valence-electron chi connectivity index (χ1n) is 9.37. The molecule has 3 heterocycles. The van der Waals surface area contributed by atoms with Crippen molar-refractivity contribution in [2.45, 2.75) is 31.2 Å². The van der Waals surface area contributed by atoms with Gasteiger partial charge in [0.15, 0.2) is 5.82 Å². The lowest BCUT2D eigenvalue weighted by molar-refractivity contribution is 0.0652. The van der Waals surface area contributed by atoms with Gasteiger partial charge in [0.1, 0.15) is 0 Å². The Morgan fingerprint density at radius 1 is 1.11 bits per heavy atom. The number of rotatable bonds is 8. The fourth-order valence-corrected chi connectivity index (χ4v) is 6.18. The molecule has 0 amide bonds. The van der Waals surface area contributed by atoms with Gasteiger partial charge < -0.3 is 9.26 Å². The molecule has 11 nitrogen and oxygen atoms in total. The van der Waals surface area contributed by atoms with Crippen molar-refractivity contribution in [3.8, 4) is 0 Å². The minimum atomic E-state index is -3.58. The quantitative estimate of drug-likeness (QED) is 0.510. The average molecular weight is 436 g/mol. The maximum Gasteiger partial charge on any atom is 0.282 e. The second-order valence-corrected chi connectivity index (χ2v) is 11.3. The van der Waals surface area contributed by atoms with Gasteiger partial charge in [0.25, 0.3) is 10.2 Å². The van der Waals surface area contributed by atoms with Crippen LogP contribution in [0.2, 0.25) is 0 Å². The molecular formula is C15H25N5O6S2. The third-order valence-corrected chi connectivity index (χ3v) is 8.55. The molecule has 13 heteroatoms. The highest BCUT2D eigenvalue weighted by Gasteiger charge is 2.44. The van der Waals surface area contributed by atoms with Gasteiger partial charge in [-0.3, -0.25) is 0 Å². The first kappa shape index (κ1) is 20.2. The molecule has 0 atom stereocenters. The molecule has 1 aliphatic carbocycles. The lowest BCUT2D eigenvalue weighted by Gasteiger charge is -2.45. The summed E-state index contributed by atoms with van der Waals surface area (Å²) in [4.78, 5) is 4.32. The summed E-state index contributed by atoms with van der Waals surface area (Å²) < 4.78 is 64.2. The molecule has 3 aliphatic rings. The molecule has 1 aromatic heterocycles. The van der Waals surface area contributed by atoms with E-state index in [2.05, 4.69) is 10.1 Å². The molecule has 0 bridgehead atoms. The van der Waals surface area contributed by atoms with Gasteiger partial charge in [0, 0.05) is 45.1 Å². The zero-order chi connectivity index (χ0) is 19.9. The summed E-state index contributed by atoms with van der Waals surface area (Å²) in [5.41, 5.74) is 0. The highest BCUT2D eigenvalue weighted by Crippen LogP contribution is 2.38. The summed E-state index contributed by atoms with van der Waals surface area (Å²) in [7, 11) is -7.07. The Hall–Kier alpha value is -1.12. The largest absolute Gasteiger partial charge is 0.379 e. The van der Waals surface area contributed by atoms with Crippen LogP contribution in [0.15, 0.2) is 4.52 Å². The maximum absolute atomic E-state index is 12.6. The highest BCUT2D eigenvalue weighted by molar-refractivity contribution is 7.88. The van der Waals surface area contributed by atoms with E-state index in [9.17, 15) is 16.8 Å². The summed E-state index contributed by atoms with van der Waals surface area (Å²) in [6.07, 6.45) is 3.56. The first-order chi connectivity index (χ1) is 13.2. The number of ether oxygens (including phenoxy) is 1. The molecule has 2 aliphatic heterocycles. The third kappa shape index (κ3) is 4.24. The van der Waals surface area contributed by atoms with E-state index in [1.807, 2.05) is 0 Å². The monoisotopic (exact) mass is 435 g/mol. The van der Waals surface area contributed by atoms with E-state index < -0.39 is 20.2 Å². The SMILES string of the molecule is CS(=O)(=O)N(CCc1noc(C2CC2)n1)C1CN(S(=O)(=O)N2CCOCC2)C1. The molecule has 4 rings (SSSR count). The Kier molecular flexibility index (Phi) is 5.48. The molecule has 3 fully saturated rings. The van der Waals surface area contributed by atoms with E-state index in [1.165, 1.54) is 12.9 Å². The van der Waals surface area contributed by atoms with E-state index in [1.54, 1.807) is 0 Å². The molecular weight excluding hydrogens is 410 g/mol. The van der Waals surface area contributed by atoms with Crippen LogP contribution in [0.5, 0.6) is 0 Å². The van der Waals surface area contributed by atoms with Crippen molar-refractivity contribution >= 4 is 20.2 Å². The molecule has 0 radical (unpaired) electrons. The Bertz CT molecular complexity index is 901. The lowest BCUT2D eigenvalue weighted by atomic mass is 10.2. The Morgan fingerprint density at radius 2 is 1.79 bits per heavy atom. The lowest BCUT2D eigenvalue weighted by Crippen LogP contribution is -2.65. The van der Waals surface area contributed by atoms with Crippen LogP contribution in [0.25, 0.3) is 0 Å². The molecule has 2 saturated heterocycles. The first-order valence-corrected chi connectivity index (χ1v) is 12.6. The summed E-state index contributed by atoms with van der Waals surface area (Å²) in [6.45, 7) is 1.87. The van der Waals surface area contributed by atoms with Crippen molar-refractivity contribution in [3.63, 3.8) is 0 Å². The fourth-order valence-electron chi connectivity index (χ4n) is 3.42. The highest BCUT2D eigenvalue weighted by atomic mass is 32.2. The van der Waals surface area contributed by atoms with E-state index >= 15 is 0 Å². The van der Waals surface area contributed by atoms with Gasteiger partial charge in [-0.15, -0.1) is 0 Å². The molecule has 0 N–H and O–H groups in total. The number of morpholine rings is 1. The van der Waals surface area contributed by atoms with Crippen LogP contribution in [0.4, 0.5) is 0 Å². The Labute approximate surface area is 164 Å². The van der Waals surface area contributed by atoms with Gasteiger partial charge in [-0.25, -0.2) is 8.42 Å². The summed E-state index contributed by atoms with van der Waals surface area (Å²) in [5.74, 6) is 1.44. The molecule has 1 aromatic rings. The molecule has 0 unspecified atom stereocenters. The maximum atomic E-state index is 12.6. The number of sulfonamides is 1. The van der Waals surface area contributed by atoms with Gasteiger partial charge in [0.05, 0.1) is 25.5 Å². The van der Waals surface area contributed by atoms with Gasteiger partial charge in [-0.2, -0.15) is 26.3 Å². The van der Waals surface area contributed by atoms with Gasteiger partial charge in [0.2, 0.25) is 15.9 Å².